The van der Waals surface area contributed by atoms with Crippen molar-refractivity contribution in [3.05, 3.63) is 94.7 Å². The number of esters is 1. The molecule has 2 aromatic rings. The van der Waals surface area contributed by atoms with Crippen molar-refractivity contribution in [1.82, 2.24) is 5.32 Å². The van der Waals surface area contributed by atoms with E-state index in [0.717, 1.165) is 19.3 Å². The number of fused-ring (bicyclic) bond motifs is 5. The van der Waals surface area contributed by atoms with Gasteiger partial charge in [0.25, 0.3) is 0 Å². The first-order chi connectivity index (χ1) is 16.2. The van der Waals surface area contributed by atoms with Crippen LogP contribution in [0.1, 0.15) is 30.4 Å². The van der Waals surface area contributed by atoms with Crippen molar-refractivity contribution < 1.29 is 14.3 Å². The van der Waals surface area contributed by atoms with Gasteiger partial charge in [0.05, 0.1) is 13.5 Å². The van der Waals surface area contributed by atoms with E-state index in [4.69, 9.17) is 0 Å². The number of carbonyl (C=O) groups excluding carboxylic acids is 2. The Morgan fingerprint density at radius 1 is 0.909 bits per heavy atom. The molecule has 5 rings (SSSR count). The fourth-order valence-electron chi connectivity index (χ4n) is 4.49. The number of carbonyl (C=O) groups is 2. The molecule has 0 bridgehead atoms. The van der Waals surface area contributed by atoms with Crippen LogP contribution >= 0.6 is 0 Å². The fraction of sp³-hybridized carbons (Fsp3) is 0.241. The molecule has 0 saturated heterocycles. The average molecular weight is 440 g/mol. The summed E-state index contributed by atoms with van der Waals surface area (Å²) >= 11 is 0. The molecule has 0 amide bonds. The highest BCUT2D eigenvalue weighted by Crippen LogP contribution is 2.25. The number of rotatable bonds is 4. The number of hydrogen-bond acceptors (Lipinski definition) is 4. The van der Waals surface area contributed by atoms with Crippen molar-refractivity contribution in [2.45, 2.75) is 32.1 Å². The maximum atomic E-state index is 12.5. The predicted molar refractivity (Wildman–Crippen MR) is 132 cm³/mol. The van der Waals surface area contributed by atoms with Crippen LogP contribution in [0.15, 0.2) is 73.1 Å². The summed E-state index contributed by atoms with van der Waals surface area (Å²) in [6.45, 7) is 0. The van der Waals surface area contributed by atoms with Crippen molar-refractivity contribution >= 4 is 23.9 Å². The van der Waals surface area contributed by atoms with Crippen molar-refractivity contribution in [1.29, 1.82) is 0 Å². The Labute approximate surface area is 194 Å². The molecule has 4 heteroatoms. The van der Waals surface area contributed by atoms with Crippen molar-refractivity contribution in [2.75, 3.05) is 7.11 Å². The molecule has 2 aromatic carbocycles. The van der Waals surface area contributed by atoms with E-state index in [0.29, 0.717) is 0 Å². The van der Waals surface area contributed by atoms with Crippen LogP contribution in [0.2, 0.25) is 0 Å². The van der Waals surface area contributed by atoms with E-state index in [9.17, 15) is 9.59 Å². The quantitative estimate of drug-likeness (QED) is 0.738. The highest BCUT2D eigenvalue weighted by Gasteiger charge is 2.22. The summed E-state index contributed by atoms with van der Waals surface area (Å²) in [6, 6.07) is 12.9. The van der Waals surface area contributed by atoms with E-state index in [2.05, 4.69) is 58.6 Å². The van der Waals surface area contributed by atoms with Gasteiger partial charge in [0.1, 0.15) is 5.78 Å². The van der Waals surface area contributed by atoms with Gasteiger partial charge < -0.3 is 10.1 Å². The lowest BCUT2D eigenvalue weighted by Gasteiger charge is -2.21. The maximum absolute atomic E-state index is 12.5. The number of aryl methyl sites for hydroxylation is 1. The first kappa shape index (κ1) is 22.5. The molecule has 4 nitrogen and oxygen atoms in total. The number of ketones is 1. The predicted octanol–water partition coefficient (Wildman–Crippen LogP) is 3.73. The third-order valence-electron chi connectivity index (χ3n) is 6.24. The number of ether oxygens (including phenoxy) is 1. The lowest BCUT2D eigenvalue weighted by atomic mass is 9.83. The van der Waals surface area contributed by atoms with Gasteiger partial charge in [-0.25, -0.2) is 0 Å². The van der Waals surface area contributed by atoms with Crippen LogP contribution in [0.4, 0.5) is 0 Å². The normalized spacial score (nSPS) is 16.8. The zero-order valence-corrected chi connectivity index (χ0v) is 18.9. The van der Waals surface area contributed by atoms with E-state index in [-0.39, 0.29) is 30.5 Å². The Bertz CT molecular complexity index is 1240. The van der Waals surface area contributed by atoms with Gasteiger partial charge in [0.2, 0.25) is 0 Å². The second kappa shape index (κ2) is 10.8. The van der Waals surface area contributed by atoms with Crippen LogP contribution in [0.3, 0.4) is 0 Å². The number of Topliss-reactive ketones (excluding diaryl/α,β-unsaturated/α-hetero) is 1. The minimum Gasteiger partial charge on any atom is -0.469 e. The summed E-state index contributed by atoms with van der Waals surface area (Å²) in [5.41, 5.74) is 5.21. The highest BCUT2D eigenvalue weighted by atomic mass is 16.5. The van der Waals surface area contributed by atoms with Crippen LogP contribution < -0.4 is 15.8 Å². The van der Waals surface area contributed by atoms with Crippen LogP contribution in [0.5, 0.6) is 0 Å². The van der Waals surface area contributed by atoms with Crippen molar-refractivity contribution in [3.8, 4) is 11.1 Å². The minimum atomic E-state index is -0.322. The molecule has 0 saturated carbocycles. The third kappa shape index (κ3) is 5.40. The zero-order chi connectivity index (χ0) is 23.0. The SMILES string of the molecule is C1=CC=CNC=C1.COC(=O)CCC(=O)C1C=c2c(ccc3c2=CCc2ccccc2-3)CC1. The Balaban J connectivity index is 0.000000318. The molecule has 168 valence electrons. The van der Waals surface area contributed by atoms with Crippen LogP contribution in [0, 0.1) is 5.92 Å². The van der Waals surface area contributed by atoms with Crippen LogP contribution in [-0.4, -0.2) is 18.9 Å². The average Bonchev–Trinajstić information content (AvgIpc) is 3.20. The van der Waals surface area contributed by atoms with Gasteiger partial charge in [-0.3, -0.25) is 9.59 Å². The molecule has 0 spiro atoms. The Morgan fingerprint density at radius 2 is 1.70 bits per heavy atom. The van der Waals surface area contributed by atoms with Gasteiger partial charge in [-0.1, -0.05) is 60.7 Å². The minimum absolute atomic E-state index is 0.107. The second-order valence-corrected chi connectivity index (χ2v) is 8.29. The summed E-state index contributed by atoms with van der Waals surface area (Å²) in [4.78, 5) is 23.9. The maximum Gasteiger partial charge on any atom is 0.305 e. The van der Waals surface area contributed by atoms with Gasteiger partial charge in [-0.15, -0.1) is 0 Å². The molecule has 2 aliphatic carbocycles. The molecule has 1 aliphatic heterocycles. The van der Waals surface area contributed by atoms with Gasteiger partial charge in [0.15, 0.2) is 0 Å². The van der Waals surface area contributed by atoms with E-state index in [1.807, 2.05) is 36.7 Å². The summed E-state index contributed by atoms with van der Waals surface area (Å²) in [6.07, 6.45) is 19.1. The molecule has 0 aromatic heterocycles. The fourth-order valence-corrected chi connectivity index (χ4v) is 4.49. The number of nitrogens with one attached hydrogen (secondary N) is 1. The molecule has 3 aliphatic rings. The first-order valence-corrected chi connectivity index (χ1v) is 11.4. The van der Waals surface area contributed by atoms with Gasteiger partial charge in [0, 0.05) is 24.7 Å². The summed E-state index contributed by atoms with van der Waals surface area (Å²) in [5.74, 6) is -0.295. The van der Waals surface area contributed by atoms with Crippen LogP contribution in [-0.2, 0) is 27.2 Å². The molecule has 1 heterocycles. The zero-order valence-electron chi connectivity index (χ0n) is 18.9. The van der Waals surface area contributed by atoms with E-state index in [1.54, 1.807) is 0 Å². The topological polar surface area (TPSA) is 55.4 Å². The summed E-state index contributed by atoms with van der Waals surface area (Å²) in [5, 5.41) is 5.39. The molecule has 0 radical (unpaired) electrons. The smallest absolute Gasteiger partial charge is 0.305 e. The Hall–Kier alpha value is -3.66. The first-order valence-electron chi connectivity index (χ1n) is 11.4. The Kier molecular flexibility index (Phi) is 7.36. The van der Waals surface area contributed by atoms with Crippen LogP contribution in [0.25, 0.3) is 23.3 Å². The van der Waals surface area contributed by atoms with Gasteiger partial charge in [-0.2, -0.15) is 0 Å². The molecular weight excluding hydrogens is 410 g/mol. The lowest BCUT2D eigenvalue weighted by molar-refractivity contribution is -0.142. The number of methoxy groups -OCH3 is 1. The Morgan fingerprint density at radius 3 is 2.48 bits per heavy atom. The summed E-state index contributed by atoms with van der Waals surface area (Å²) in [7, 11) is 1.36. The van der Waals surface area contributed by atoms with Crippen molar-refractivity contribution in [2.24, 2.45) is 5.92 Å². The van der Waals surface area contributed by atoms with Crippen molar-refractivity contribution in [3.63, 3.8) is 0 Å². The monoisotopic (exact) mass is 439 g/mol. The van der Waals surface area contributed by atoms with Gasteiger partial charge in [-0.05, 0) is 64.1 Å². The third-order valence-corrected chi connectivity index (χ3v) is 6.24. The molecule has 1 unspecified atom stereocenters. The molecular formula is C29H29NO3. The lowest BCUT2D eigenvalue weighted by Crippen LogP contribution is -2.37. The van der Waals surface area contributed by atoms with E-state index in [1.165, 1.54) is 39.8 Å². The standard InChI is InChI=1S/C23H22O3.C6H7N/c1-26-23(25)13-12-22(24)17-7-6-16-9-10-19-18-5-3-2-4-15(18)8-11-20(19)21(16)14-17;1-2-4-6-7-5-3-1/h2-5,9-11,14,17H,6-8,12-13H2,1H3;1-7H. The second-order valence-electron chi connectivity index (χ2n) is 8.29. The number of benzene rings is 2. The van der Waals surface area contributed by atoms with E-state index >= 15 is 0 Å². The largest absolute Gasteiger partial charge is 0.469 e. The molecule has 1 N–H and O–H groups in total. The summed E-state index contributed by atoms with van der Waals surface area (Å²) < 4.78 is 4.65. The molecule has 1 atom stereocenters. The number of allylic oxidation sites excluding steroid dienone is 4. The van der Waals surface area contributed by atoms with Gasteiger partial charge >= 0.3 is 5.97 Å². The molecule has 33 heavy (non-hydrogen) atoms. The van der Waals surface area contributed by atoms with E-state index < -0.39 is 0 Å². The highest BCUT2D eigenvalue weighted by molar-refractivity contribution is 5.89. The molecule has 0 fully saturated rings. The number of hydrogen-bond donors (Lipinski definition) is 1.